The maximum absolute atomic E-state index is 13.9. The first kappa shape index (κ1) is 26.7. The Hall–Kier alpha value is -3.36. The maximum Gasteiger partial charge on any atom is 0.240 e. The van der Waals surface area contributed by atoms with Crippen LogP contribution in [-0.4, -0.2) is 45.0 Å². The van der Waals surface area contributed by atoms with E-state index in [1.165, 1.54) is 0 Å². The van der Waals surface area contributed by atoms with Crippen molar-refractivity contribution in [3.8, 4) is 6.07 Å². The Bertz CT molecular complexity index is 1340. The molecule has 1 unspecified atom stereocenters. The second kappa shape index (κ2) is 11.8. The molecule has 0 aliphatic carbocycles. The van der Waals surface area contributed by atoms with Crippen LogP contribution >= 0.6 is 11.3 Å². The van der Waals surface area contributed by atoms with E-state index in [0.717, 1.165) is 35.1 Å². The monoisotopic (exact) mass is 536 g/mol. The van der Waals surface area contributed by atoms with Gasteiger partial charge < -0.3 is 10.6 Å². The van der Waals surface area contributed by atoms with E-state index in [9.17, 15) is 23.3 Å². The lowest BCUT2D eigenvalue weighted by molar-refractivity contribution is -0.129. The molecule has 1 amide bonds. The first-order valence-corrected chi connectivity index (χ1v) is 14.6. The molecule has 3 aromatic rings. The summed E-state index contributed by atoms with van der Waals surface area (Å²) in [5, 5.41) is 15.3. The van der Waals surface area contributed by atoms with E-state index < -0.39 is 40.0 Å². The number of nitriles is 1. The van der Waals surface area contributed by atoms with Crippen LogP contribution in [0.3, 0.4) is 0 Å². The summed E-state index contributed by atoms with van der Waals surface area (Å²) in [5.41, 5.74) is 1.49. The highest BCUT2D eigenvalue weighted by Crippen LogP contribution is 2.31. The molecule has 3 atom stereocenters. The van der Waals surface area contributed by atoms with Crippen LogP contribution < -0.4 is 15.4 Å². The van der Waals surface area contributed by atoms with E-state index in [0.29, 0.717) is 22.7 Å². The standard InChI is InChI=1S/C27H28N4O4S2/c1-37(34,35)31-25(23(18-9-4-2-5-10-18)19-11-6-3-7-12-19)27(33)30-24(22-15-14-20(17-28)36-22)26(32)21-13-8-16-29-21/h2-7,9-12,14-15,21,23-25,29,31H,8,13,16H2,1H3,(H,30,33)/t21-,24?,25+/m0/s1. The van der Waals surface area contributed by atoms with Gasteiger partial charge in [-0.25, -0.2) is 13.1 Å². The third-order valence-corrected chi connectivity index (χ3v) is 8.01. The molecule has 1 aromatic heterocycles. The summed E-state index contributed by atoms with van der Waals surface area (Å²) in [5.74, 6) is -1.51. The molecule has 8 nitrogen and oxygen atoms in total. The highest BCUT2D eigenvalue weighted by Gasteiger charge is 2.38. The molecule has 10 heteroatoms. The number of ketones is 1. The summed E-state index contributed by atoms with van der Waals surface area (Å²) < 4.78 is 27.4. The molecule has 0 bridgehead atoms. The van der Waals surface area contributed by atoms with Gasteiger partial charge in [-0.2, -0.15) is 5.26 Å². The van der Waals surface area contributed by atoms with Crippen molar-refractivity contribution >= 4 is 33.1 Å². The maximum atomic E-state index is 13.9. The topological polar surface area (TPSA) is 128 Å². The van der Waals surface area contributed by atoms with E-state index in [1.807, 2.05) is 60.7 Å². The Morgan fingerprint density at radius 1 is 1.03 bits per heavy atom. The van der Waals surface area contributed by atoms with Gasteiger partial charge in [0, 0.05) is 10.8 Å². The number of rotatable bonds is 10. The first-order chi connectivity index (χ1) is 17.8. The van der Waals surface area contributed by atoms with Crippen LogP contribution in [0.25, 0.3) is 0 Å². The number of carbonyl (C=O) groups is 2. The summed E-state index contributed by atoms with van der Waals surface area (Å²) in [7, 11) is -3.81. The van der Waals surface area contributed by atoms with Crippen molar-refractivity contribution in [2.45, 2.75) is 36.9 Å². The molecule has 0 saturated carbocycles. The second-order valence-electron chi connectivity index (χ2n) is 8.97. The molecular weight excluding hydrogens is 508 g/mol. The Labute approximate surface area is 220 Å². The number of benzene rings is 2. The van der Waals surface area contributed by atoms with Crippen molar-refractivity contribution in [2.75, 3.05) is 12.8 Å². The van der Waals surface area contributed by atoms with E-state index in [2.05, 4.69) is 21.4 Å². The van der Waals surface area contributed by atoms with Crippen LogP contribution in [0.2, 0.25) is 0 Å². The number of hydrogen-bond acceptors (Lipinski definition) is 7. The largest absolute Gasteiger partial charge is 0.340 e. The Morgan fingerprint density at radius 3 is 2.14 bits per heavy atom. The van der Waals surface area contributed by atoms with Gasteiger partial charge in [-0.1, -0.05) is 60.7 Å². The molecule has 2 aromatic carbocycles. The summed E-state index contributed by atoms with van der Waals surface area (Å²) in [6.45, 7) is 0.702. The zero-order valence-electron chi connectivity index (χ0n) is 20.3. The minimum absolute atomic E-state index is 0.216. The Balaban J connectivity index is 1.75. The normalized spacial score (nSPS) is 17.2. The number of hydrogen-bond donors (Lipinski definition) is 3. The fourth-order valence-electron chi connectivity index (χ4n) is 4.61. The average molecular weight is 537 g/mol. The number of Topliss-reactive ketones (excluding diaryl/α,β-unsaturated/α-hetero) is 1. The van der Waals surface area contributed by atoms with Crippen LogP contribution in [0.1, 0.15) is 45.7 Å². The third kappa shape index (κ3) is 6.70. The molecule has 3 N–H and O–H groups in total. The number of thiophene rings is 1. The van der Waals surface area contributed by atoms with Crippen molar-refractivity contribution in [3.63, 3.8) is 0 Å². The molecule has 2 heterocycles. The first-order valence-electron chi connectivity index (χ1n) is 11.9. The van der Waals surface area contributed by atoms with Crippen molar-refractivity contribution in [1.82, 2.24) is 15.4 Å². The number of nitrogens with zero attached hydrogens (tertiary/aromatic N) is 1. The molecule has 0 spiro atoms. The van der Waals surface area contributed by atoms with E-state index in [-0.39, 0.29) is 5.78 Å². The fourth-order valence-corrected chi connectivity index (χ4v) is 6.18. The number of sulfonamides is 1. The molecule has 1 aliphatic rings. The van der Waals surface area contributed by atoms with Crippen LogP contribution in [0.4, 0.5) is 0 Å². The second-order valence-corrected chi connectivity index (χ2v) is 11.9. The SMILES string of the molecule is CS(=O)(=O)N[C@@H](C(=O)NC(C(=O)[C@@H]1CCCN1)c1ccc(C#N)s1)C(c1ccccc1)c1ccccc1. The molecule has 37 heavy (non-hydrogen) atoms. The van der Waals surface area contributed by atoms with E-state index >= 15 is 0 Å². The zero-order chi connectivity index (χ0) is 26.4. The van der Waals surface area contributed by atoms with Crippen LogP contribution in [0, 0.1) is 11.3 Å². The molecule has 192 valence electrons. The van der Waals surface area contributed by atoms with Crippen molar-refractivity contribution in [2.24, 2.45) is 0 Å². The Kier molecular flexibility index (Phi) is 8.51. The summed E-state index contributed by atoms with van der Waals surface area (Å²) in [6, 6.07) is 21.0. The quantitative estimate of drug-likeness (QED) is 0.366. The summed E-state index contributed by atoms with van der Waals surface area (Å²) in [4.78, 5) is 28.4. The van der Waals surface area contributed by atoms with Gasteiger partial charge in [0.25, 0.3) is 0 Å². The van der Waals surface area contributed by atoms with Crippen molar-refractivity contribution in [1.29, 1.82) is 5.26 Å². The van der Waals surface area contributed by atoms with Crippen LogP contribution in [0.5, 0.6) is 0 Å². The van der Waals surface area contributed by atoms with Gasteiger partial charge >= 0.3 is 0 Å². The van der Waals surface area contributed by atoms with Crippen molar-refractivity contribution < 1.29 is 18.0 Å². The number of nitrogens with one attached hydrogen (secondary N) is 3. The van der Waals surface area contributed by atoms with Crippen molar-refractivity contribution in [3.05, 3.63) is 93.7 Å². The highest BCUT2D eigenvalue weighted by molar-refractivity contribution is 7.88. The summed E-state index contributed by atoms with van der Waals surface area (Å²) in [6.07, 6.45) is 2.49. The lowest BCUT2D eigenvalue weighted by Gasteiger charge is -2.29. The van der Waals surface area contributed by atoms with Crippen LogP contribution in [0.15, 0.2) is 72.8 Å². The predicted octanol–water partition coefficient (Wildman–Crippen LogP) is 2.85. The third-order valence-electron chi connectivity index (χ3n) is 6.27. The van der Waals surface area contributed by atoms with Gasteiger partial charge in [0.1, 0.15) is 23.0 Å². The lowest BCUT2D eigenvalue weighted by Crippen LogP contribution is -2.52. The van der Waals surface area contributed by atoms with Crippen LogP contribution in [-0.2, 0) is 19.6 Å². The van der Waals surface area contributed by atoms with E-state index in [1.54, 1.807) is 12.1 Å². The average Bonchev–Trinajstić information content (AvgIpc) is 3.60. The molecule has 1 saturated heterocycles. The van der Waals surface area contributed by atoms with Gasteiger partial charge in [-0.15, -0.1) is 11.3 Å². The lowest BCUT2D eigenvalue weighted by atomic mass is 9.85. The molecule has 0 radical (unpaired) electrons. The van der Waals surface area contributed by atoms with Gasteiger partial charge in [-0.05, 0) is 42.6 Å². The fraction of sp³-hybridized carbons (Fsp3) is 0.296. The zero-order valence-corrected chi connectivity index (χ0v) is 21.9. The Morgan fingerprint density at radius 2 is 1.65 bits per heavy atom. The molecule has 1 fully saturated rings. The van der Waals surface area contributed by atoms with Gasteiger partial charge in [0.2, 0.25) is 15.9 Å². The molecule has 1 aliphatic heterocycles. The van der Waals surface area contributed by atoms with Gasteiger partial charge in [0.05, 0.1) is 12.3 Å². The molecule has 4 rings (SSSR count). The predicted molar refractivity (Wildman–Crippen MR) is 142 cm³/mol. The van der Waals surface area contributed by atoms with E-state index in [4.69, 9.17) is 0 Å². The smallest absolute Gasteiger partial charge is 0.240 e. The van der Waals surface area contributed by atoms with Gasteiger partial charge in [0.15, 0.2) is 5.78 Å². The molecular formula is C27H28N4O4S2. The number of carbonyl (C=O) groups excluding carboxylic acids is 2. The minimum atomic E-state index is -3.81. The minimum Gasteiger partial charge on any atom is -0.340 e. The summed E-state index contributed by atoms with van der Waals surface area (Å²) >= 11 is 1.13. The highest BCUT2D eigenvalue weighted by atomic mass is 32.2. The van der Waals surface area contributed by atoms with Gasteiger partial charge in [-0.3, -0.25) is 9.59 Å². The number of amides is 1.